The third-order valence-corrected chi connectivity index (χ3v) is 6.25. The molecule has 1 saturated heterocycles. The zero-order chi connectivity index (χ0) is 24.4. The second-order valence-electron chi connectivity index (χ2n) is 8.19. The van der Waals surface area contributed by atoms with Crippen LogP contribution in [0.15, 0.2) is 61.1 Å². The molecule has 0 saturated carbocycles. The lowest BCUT2D eigenvalue weighted by molar-refractivity contribution is 0.142. The summed E-state index contributed by atoms with van der Waals surface area (Å²) in [5.41, 5.74) is 4.53. The molecular weight excluding hydrogens is 446 g/mol. The largest absolute Gasteiger partial charge is 0.493 e. The first kappa shape index (κ1) is 22.4. The van der Waals surface area contributed by atoms with Crippen molar-refractivity contribution in [3.8, 4) is 33.9 Å². The lowest BCUT2D eigenvalue weighted by Gasteiger charge is -2.33. The Hall–Kier alpha value is -4.40. The number of anilines is 1. The monoisotopic (exact) mass is 471 g/mol. The number of benzene rings is 2. The summed E-state index contributed by atoms with van der Waals surface area (Å²) in [6, 6.07) is 15.8. The minimum atomic E-state index is -0.874. The first-order valence-corrected chi connectivity index (χ1v) is 11.2. The first-order chi connectivity index (χ1) is 17.1. The van der Waals surface area contributed by atoms with E-state index in [1.165, 1.54) is 4.90 Å². The molecule has 1 N–H and O–H groups in total. The van der Waals surface area contributed by atoms with Crippen molar-refractivity contribution in [2.24, 2.45) is 0 Å². The lowest BCUT2D eigenvalue weighted by Crippen LogP contribution is -2.48. The standard InChI is InChI=1S/C26H25N5O4/c1-34-22-7-4-18(14-23(22)35-2)25-20-13-17(3-6-21(20)28-16-29-25)19-5-8-24(27-15-19)30-9-11-31(12-10-30)26(32)33/h3-8,13-16H,9-12H2,1-2H3,(H,32,33). The molecule has 0 unspecified atom stereocenters. The topological polar surface area (TPSA) is 101 Å². The molecule has 0 radical (unpaired) electrons. The predicted molar refractivity (Wildman–Crippen MR) is 133 cm³/mol. The van der Waals surface area contributed by atoms with Gasteiger partial charge in [-0.2, -0.15) is 0 Å². The number of amides is 1. The van der Waals surface area contributed by atoms with Gasteiger partial charge in [0.1, 0.15) is 12.1 Å². The maximum atomic E-state index is 11.1. The van der Waals surface area contributed by atoms with Crippen LogP contribution in [0.25, 0.3) is 33.3 Å². The van der Waals surface area contributed by atoms with E-state index in [9.17, 15) is 4.79 Å². The Morgan fingerprint density at radius 3 is 2.26 bits per heavy atom. The van der Waals surface area contributed by atoms with E-state index >= 15 is 0 Å². The van der Waals surface area contributed by atoms with E-state index in [0.717, 1.165) is 39.1 Å². The van der Waals surface area contributed by atoms with Gasteiger partial charge in [0.05, 0.1) is 25.4 Å². The van der Waals surface area contributed by atoms with E-state index in [2.05, 4.69) is 25.9 Å². The summed E-state index contributed by atoms with van der Waals surface area (Å²) in [5.74, 6) is 2.14. The van der Waals surface area contributed by atoms with Gasteiger partial charge in [-0.15, -0.1) is 0 Å². The van der Waals surface area contributed by atoms with Crippen molar-refractivity contribution in [1.82, 2.24) is 19.9 Å². The van der Waals surface area contributed by atoms with Crippen LogP contribution in [0.1, 0.15) is 0 Å². The molecule has 3 heterocycles. The Morgan fingerprint density at radius 1 is 0.829 bits per heavy atom. The number of fused-ring (bicyclic) bond motifs is 1. The average Bonchev–Trinajstić information content (AvgIpc) is 2.92. The molecule has 1 fully saturated rings. The maximum absolute atomic E-state index is 11.1. The van der Waals surface area contributed by atoms with Crippen molar-refractivity contribution in [1.29, 1.82) is 0 Å². The van der Waals surface area contributed by atoms with Crippen LogP contribution in [0.3, 0.4) is 0 Å². The van der Waals surface area contributed by atoms with Gasteiger partial charge >= 0.3 is 6.09 Å². The van der Waals surface area contributed by atoms with Crippen molar-refractivity contribution in [2.75, 3.05) is 45.3 Å². The van der Waals surface area contributed by atoms with Crippen molar-refractivity contribution >= 4 is 22.8 Å². The summed E-state index contributed by atoms with van der Waals surface area (Å²) in [6.07, 6.45) is 2.54. The second-order valence-corrected chi connectivity index (χ2v) is 8.19. The molecule has 178 valence electrons. The maximum Gasteiger partial charge on any atom is 0.407 e. The Morgan fingerprint density at radius 2 is 1.57 bits per heavy atom. The van der Waals surface area contributed by atoms with Crippen LogP contribution in [-0.2, 0) is 0 Å². The molecule has 5 rings (SSSR count). The molecule has 4 aromatic rings. The number of methoxy groups -OCH3 is 2. The van der Waals surface area contributed by atoms with Gasteiger partial charge in [0.15, 0.2) is 11.5 Å². The van der Waals surface area contributed by atoms with Crippen molar-refractivity contribution in [3.05, 3.63) is 61.1 Å². The third-order valence-electron chi connectivity index (χ3n) is 6.25. The van der Waals surface area contributed by atoms with Crippen LogP contribution < -0.4 is 14.4 Å². The molecule has 9 heteroatoms. The Bertz CT molecular complexity index is 1370. The summed E-state index contributed by atoms with van der Waals surface area (Å²) >= 11 is 0. The van der Waals surface area contributed by atoms with E-state index < -0.39 is 6.09 Å². The molecule has 1 aliphatic rings. The fourth-order valence-electron chi connectivity index (χ4n) is 4.32. The Kier molecular flexibility index (Phi) is 6.05. The van der Waals surface area contributed by atoms with Gasteiger partial charge in [-0.05, 0) is 48.0 Å². The number of piperazine rings is 1. The molecule has 0 bridgehead atoms. The van der Waals surface area contributed by atoms with Gasteiger partial charge in [-0.1, -0.05) is 6.07 Å². The number of hydrogen-bond donors (Lipinski definition) is 1. The van der Waals surface area contributed by atoms with Crippen LogP contribution in [0.5, 0.6) is 11.5 Å². The minimum Gasteiger partial charge on any atom is -0.493 e. The Labute approximate surface area is 202 Å². The number of carboxylic acid groups (broad SMARTS) is 1. The Balaban J connectivity index is 1.45. The zero-order valence-corrected chi connectivity index (χ0v) is 19.5. The molecule has 0 aliphatic carbocycles. The summed E-state index contributed by atoms with van der Waals surface area (Å²) in [6.45, 7) is 2.20. The number of carbonyl (C=O) groups is 1. The summed E-state index contributed by atoms with van der Waals surface area (Å²) in [4.78, 5) is 28.3. The van der Waals surface area contributed by atoms with Gasteiger partial charge in [0, 0.05) is 48.9 Å². The third kappa shape index (κ3) is 4.40. The molecular formula is C26H25N5O4. The van der Waals surface area contributed by atoms with Crippen LogP contribution in [0, 0.1) is 0 Å². The highest BCUT2D eigenvalue weighted by Gasteiger charge is 2.21. The van der Waals surface area contributed by atoms with Crippen LogP contribution in [0.4, 0.5) is 10.6 Å². The van der Waals surface area contributed by atoms with Crippen molar-refractivity contribution < 1.29 is 19.4 Å². The normalized spacial score (nSPS) is 13.7. The fraction of sp³-hybridized carbons (Fsp3) is 0.231. The molecule has 9 nitrogen and oxygen atoms in total. The number of hydrogen-bond acceptors (Lipinski definition) is 7. The zero-order valence-electron chi connectivity index (χ0n) is 19.5. The van der Waals surface area contributed by atoms with Gasteiger partial charge in [0.25, 0.3) is 0 Å². The van der Waals surface area contributed by atoms with E-state index in [-0.39, 0.29) is 0 Å². The molecule has 1 aliphatic heterocycles. The van der Waals surface area contributed by atoms with Crippen LogP contribution in [0.2, 0.25) is 0 Å². The molecule has 2 aromatic heterocycles. The second kappa shape index (κ2) is 9.46. The number of aromatic nitrogens is 3. The number of nitrogens with zero attached hydrogens (tertiary/aromatic N) is 5. The SMILES string of the molecule is COc1ccc(-c2ncnc3ccc(-c4ccc(N5CCN(C(=O)O)CC5)nc4)cc23)cc1OC. The summed E-state index contributed by atoms with van der Waals surface area (Å²) in [7, 11) is 3.22. The summed E-state index contributed by atoms with van der Waals surface area (Å²) < 4.78 is 10.8. The molecule has 35 heavy (non-hydrogen) atoms. The molecule has 2 aromatic carbocycles. The number of pyridine rings is 1. The highest BCUT2D eigenvalue weighted by atomic mass is 16.5. The average molecular weight is 472 g/mol. The lowest BCUT2D eigenvalue weighted by atomic mass is 10.0. The van der Waals surface area contributed by atoms with Gasteiger partial charge < -0.3 is 24.4 Å². The fourth-order valence-corrected chi connectivity index (χ4v) is 4.32. The first-order valence-electron chi connectivity index (χ1n) is 11.2. The van der Waals surface area contributed by atoms with E-state index in [0.29, 0.717) is 37.7 Å². The number of ether oxygens (including phenoxy) is 2. The van der Waals surface area contributed by atoms with Crippen molar-refractivity contribution in [2.45, 2.75) is 0 Å². The van der Waals surface area contributed by atoms with Gasteiger partial charge in [0.2, 0.25) is 0 Å². The van der Waals surface area contributed by atoms with E-state index in [1.54, 1.807) is 20.5 Å². The molecule has 0 atom stereocenters. The van der Waals surface area contributed by atoms with Gasteiger partial charge in [-0.3, -0.25) is 0 Å². The minimum absolute atomic E-state index is 0.475. The molecule has 1 amide bonds. The van der Waals surface area contributed by atoms with Gasteiger partial charge in [-0.25, -0.2) is 19.7 Å². The van der Waals surface area contributed by atoms with E-state index in [1.807, 2.05) is 48.7 Å². The van der Waals surface area contributed by atoms with E-state index in [4.69, 9.17) is 14.6 Å². The highest BCUT2D eigenvalue weighted by molar-refractivity contribution is 5.95. The summed E-state index contributed by atoms with van der Waals surface area (Å²) in [5, 5.41) is 10.1. The molecule has 0 spiro atoms. The highest BCUT2D eigenvalue weighted by Crippen LogP contribution is 2.35. The predicted octanol–water partition coefficient (Wildman–Crippen LogP) is 4.18. The quantitative estimate of drug-likeness (QED) is 0.463. The van der Waals surface area contributed by atoms with Crippen LogP contribution >= 0.6 is 0 Å². The number of rotatable bonds is 5. The smallest absolute Gasteiger partial charge is 0.407 e. The van der Waals surface area contributed by atoms with Crippen molar-refractivity contribution in [3.63, 3.8) is 0 Å². The van der Waals surface area contributed by atoms with Crippen LogP contribution in [-0.4, -0.2) is 71.5 Å².